The number of halogens is 1. The molecule has 1 aliphatic rings. The van der Waals surface area contributed by atoms with Gasteiger partial charge in [0.1, 0.15) is 12.4 Å². The van der Waals surface area contributed by atoms with Crippen LogP contribution in [-0.2, 0) is 9.59 Å². The number of hydrogen-bond acceptors (Lipinski definition) is 4. The molecule has 4 aromatic rings. The molecule has 180 valence electrons. The van der Waals surface area contributed by atoms with Crippen molar-refractivity contribution in [2.24, 2.45) is 0 Å². The summed E-state index contributed by atoms with van der Waals surface area (Å²) >= 11 is 0.798. The molecule has 8 heteroatoms. The van der Waals surface area contributed by atoms with Crippen LogP contribution in [0, 0.1) is 19.7 Å². The van der Waals surface area contributed by atoms with Crippen LogP contribution in [0.1, 0.15) is 17.0 Å². The first-order valence-electron chi connectivity index (χ1n) is 11.3. The third-order valence-corrected chi connectivity index (χ3v) is 6.94. The van der Waals surface area contributed by atoms with Gasteiger partial charge in [-0.2, -0.15) is 0 Å². The molecule has 2 heterocycles. The highest BCUT2D eigenvalue weighted by Crippen LogP contribution is 2.34. The lowest BCUT2D eigenvalue weighted by atomic mass is 10.1. The smallest absolute Gasteiger partial charge is 0.294 e. The summed E-state index contributed by atoms with van der Waals surface area (Å²) in [6.45, 7) is 3.50. The number of rotatable bonds is 5. The van der Waals surface area contributed by atoms with Gasteiger partial charge < -0.3 is 9.88 Å². The van der Waals surface area contributed by atoms with E-state index in [1.807, 2.05) is 32.0 Å². The van der Waals surface area contributed by atoms with Crippen molar-refractivity contribution in [3.05, 3.63) is 100 Å². The molecule has 1 saturated heterocycles. The monoisotopic (exact) mass is 499 g/mol. The second kappa shape index (κ2) is 9.47. The normalized spacial score (nSPS) is 14.8. The topological polar surface area (TPSA) is 71.4 Å². The molecular weight excluding hydrogens is 477 g/mol. The van der Waals surface area contributed by atoms with Gasteiger partial charge in [-0.05, 0) is 84.4 Å². The molecular formula is C28H22FN3O3S. The molecule has 6 nitrogen and oxygen atoms in total. The lowest BCUT2D eigenvalue weighted by Crippen LogP contribution is -2.36. The first-order chi connectivity index (χ1) is 17.3. The van der Waals surface area contributed by atoms with Crippen molar-refractivity contribution in [3.63, 3.8) is 0 Å². The van der Waals surface area contributed by atoms with Gasteiger partial charge in [-0.3, -0.25) is 19.3 Å². The number of imide groups is 1. The van der Waals surface area contributed by atoms with Crippen LogP contribution in [0.5, 0.6) is 0 Å². The molecule has 1 N–H and O–H groups in total. The van der Waals surface area contributed by atoms with Crippen LogP contribution in [0.25, 0.3) is 22.5 Å². The molecule has 3 aromatic carbocycles. The third kappa shape index (κ3) is 4.55. The highest BCUT2D eigenvalue weighted by atomic mass is 32.2. The fraction of sp³-hybridized carbons (Fsp3) is 0.107. The summed E-state index contributed by atoms with van der Waals surface area (Å²) in [7, 11) is 0. The molecule has 5 rings (SSSR count). The Bertz CT molecular complexity index is 1570. The number of benzene rings is 3. The molecule has 0 saturated carbocycles. The molecule has 0 radical (unpaired) electrons. The van der Waals surface area contributed by atoms with Crippen molar-refractivity contribution < 1.29 is 18.8 Å². The molecule has 0 unspecified atom stereocenters. The summed E-state index contributed by atoms with van der Waals surface area (Å²) in [5.41, 5.74) is 3.99. The maximum absolute atomic E-state index is 13.4. The Balaban J connectivity index is 1.37. The maximum Gasteiger partial charge on any atom is 0.294 e. The molecule has 3 amide bonds. The van der Waals surface area contributed by atoms with E-state index in [1.54, 1.807) is 6.08 Å². The number of aromatic nitrogens is 1. The zero-order chi connectivity index (χ0) is 25.4. The van der Waals surface area contributed by atoms with Crippen molar-refractivity contribution in [2.45, 2.75) is 13.8 Å². The minimum atomic E-state index is -0.585. The number of aryl methyl sites for hydroxylation is 1. The molecule has 0 atom stereocenters. The zero-order valence-corrected chi connectivity index (χ0v) is 20.4. The van der Waals surface area contributed by atoms with Crippen molar-refractivity contribution >= 4 is 51.4 Å². The number of carbonyl (C=O) groups excluding carboxylic acids is 3. The largest absolute Gasteiger partial charge is 0.324 e. The summed E-state index contributed by atoms with van der Waals surface area (Å²) < 4.78 is 15.5. The predicted molar refractivity (Wildman–Crippen MR) is 140 cm³/mol. The van der Waals surface area contributed by atoms with E-state index in [0.717, 1.165) is 56.1 Å². The molecule has 0 bridgehead atoms. The van der Waals surface area contributed by atoms with Gasteiger partial charge in [0.25, 0.3) is 11.1 Å². The van der Waals surface area contributed by atoms with Crippen LogP contribution in [0.3, 0.4) is 0 Å². The van der Waals surface area contributed by atoms with Crippen LogP contribution < -0.4 is 5.32 Å². The van der Waals surface area contributed by atoms with Crippen LogP contribution in [0.4, 0.5) is 14.9 Å². The molecule has 0 spiro atoms. The second-order valence-corrected chi connectivity index (χ2v) is 9.51. The quantitative estimate of drug-likeness (QED) is 0.339. The van der Waals surface area contributed by atoms with Gasteiger partial charge in [0.05, 0.1) is 4.91 Å². The standard InChI is InChI=1S/C28H22FN3O3S/c1-17-12-21(18(2)32(17)24-11-10-19-6-3-4-7-20(19)13-24)14-25-27(34)31(28(35)36-25)16-26(33)30-23-9-5-8-22(29)15-23/h3-15H,16H2,1-2H3,(H,30,33)/b25-14+. The Hall–Kier alpha value is -4.17. The fourth-order valence-electron chi connectivity index (χ4n) is 4.33. The van der Waals surface area contributed by atoms with Crippen LogP contribution in [0.15, 0.2) is 77.7 Å². The van der Waals surface area contributed by atoms with Gasteiger partial charge in [-0.1, -0.05) is 36.4 Å². The van der Waals surface area contributed by atoms with Gasteiger partial charge in [-0.25, -0.2) is 4.39 Å². The number of nitrogens with one attached hydrogen (secondary N) is 1. The summed E-state index contributed by atoms with van der Waals surface area (Å²) in [5, 5.41) is 4.26. The van der Waals surface area contributed by atoms with Crippen molar-refractivity contribution in [1.29, 1.82) is 0 Å². The summed E-state index contributed by atoms with van der Waals surface area (Å²) in [4.78, 5) is 39.0. The second-order valence-electron chi connectivity index (χ2n) is 8.52. The fourth-order valence-corrected chi connectivity index (χ4v) is 5.16. The number of amides is 3. The highest BCUT2D eigenvalue weighted by Gasteiger charge is 2.36. The van der Waals surface area contributed by atoms with Gasteiger partial charge >= 0.3 is 0 Å². The molecule has 1 aromatic heterocycles. The van der Waals surface area contributed by atoms with E-state index in [4.69, 9.17) is 0 Å². The van der Waals surface area contributed by atoms with E-state index in [1.165, 1.54) is 18.2 Å². The van der Waals surface area contributed by atoms with Crippen LogP contribution in [-0.4, -0.2) is 33.1 Å². The summed E-state index contributed by atoms with van der Waals surface area (Å²) in [6.07, 6.45) is 1.69. The van der Waals surface area contributed by atoms with Gasteiger partial charge in [0.2, 0.25) is 5.91 Å². The lowest BCUT2D eigenvalue weighted by molar-refractivity contribution is -0.127. The summed E-state index contributed by atoms with van der Waals surface area (Å²) in [6, 6.07) is 21.8. The van der Waals surface area contributed by atoms with E-state index < -0.39 is 29.4 Å². The number of nitrogens with zero attached hydrogens (tertiary/aromatic N) is 2. The Morgan fingerprint density at radius 3 is 2.53 bits per heavy atom. The van der Waals surface area contributed by atoms with Crippen LogP contribution in [0.2, 0.25) is 0 Å². The van der Waals surface area contributed by atoms with Crippen molar-refractivity contribution in [2.75, 3.05) is 11.9 Å². The molecule has 1 fully saturated rings. The van der Waals surface area contributed by atoms with Gasteiger partial charge in [0, 0.05) is 22.8 Å². The van der Waals surface area contributed by atoms with Crippen LogP contribution >= 0.6 is 11.8 Å². The number of anilines is 1. The Labute approximate surface area is 211 Å². The number of carbonyl (C=O) groups is 3. The molecule has 1 aliphatic heterocycles. The highest BCUT2D eigenvalue weighted by molar-refractivity contribution is 8.18. The van der Waals surface area contributed by atoms with Crippen molar-refractivity contribution in [1.82, 2.24) is 9.47 Å². The van der Waals surface area contributed by atoms with E-state index in [9.17, 15) is 18.8 Å². The molecule has 0 aliphatic carbocycles. The van der Waals surface area contributed by atoms with E-state index >= 15 is 0 Å². The average molecular weight is 500 g/mol. The SMILES string of the molecule is Cc1cc(/C=C2/SC(=O)N(CC(=O)Nc3cccc(F)c3)C2=O)c(C)n1-c1ccc2ccccc2c1. The lowest BCUT2D eigenvalue weighted by Gasteiger charge is -2.12. The number of hydrogen-bond donors (Lipinski definition) is 1. The Kier molecular flexibility index (Phi) is 6.20. The maximum atomic E-state index is 13.4. The predicted octanol–water partition coefficient (Wildman–Crippen LogP) is 6.06. The minimum absolute atomic E-state index is 0.248. The van der Waals surface area contributed by atoms with Gasteiger partial charge in [0.15, 0.2) is 0 Å². The number of fused-ring (bicyclic) bond motifs is 1. The third-order valence-electron chi connectivity index (χ3n) is 6.03. The number of thioether (sulfide) groups is 1. The molecule has 36 heavy (non-hydrogen) atoms. The summed E-state index contributed by atoms with van der Waals surface area (Å²) in [5.74, 6) is -1.61. The van der Waals surface area contributed by atoms with Crippen molar-refractivity contribution in [3.8, 4) is 5.69 Å². The first-order valence-corrected chi connectivity index (χ1v) is 12.1. The zero-order valence-electron chi connectivity index (χ0n) is 19.6. The van der Waals surface area contributed by atoms with E-state index in [2.05, 4.69) is 40.2 Å². The average Bonchev–Trinajstić information content (AvgIpc) is 3.27. The van der Waals surface area contributed by atoms with E-state index in [0.29, 0.717) is 0 Å². The Morgan fingerprint density at radius 2 is 1.75 bits per heavy atom. The first kappa shape index (κ1) is 23.6. The van der Waals surface area contributed by atoms with Gasteiger partial charge in [-0.15, -0.1) is 0 Å². The minimum Gasteiger partial charge on any atom is -0.324 e. The van der Waals surface area contributed by atoms with E-state index in [-0.39, 0.29) is 10.6 Å². The Morgan fingerprint density at radius 1 is 0.972 bits per heavy atom.